The van der Waals surface area contributed by atoms with Crippen LogP contribution < -0.4 is 10.6 Å². The lowest BCUT2D eigenvalue weighted by Gasteiger charge is -2.16. The quantitative estimate of drug-likeness (QED) is 0.411. The first-order valence-corrected chi connectivity index (χ1v) is 9.53. The summed E-state index contributed by atoms with van der Waals surface area (Å²) in [5.41, 5.74) is 2.41. The minimum Gasteiger partial charge on any atom is -0.356 e. The topological polar surface area (TPSA) is 56.7 Å². The van der Waals surface area contributed by atoms with Crippen molar-refractivity contribution in [1.29, 1.82) is 0 Å². The van der Waals surface area contributed by atoms with Gasteiger partial charge in [-0.3, -0.25) is 9.79 Å². The van der Waals surface area contributed by atoms with Gasteiger partial charge in [0.1, 0.15) is 0 Å². The largest absolute Gasteiger partial charge is 0.356 e. The summed E-state index contributed by atoms with van der Waals surface area (Å²) in [5, 5.41) is 6.71. The molecule has 1 fully saturated rings. The normalized spacial score (nSPS) is 14.9. The summed E-state index contributed by atoms with van der Waals surface area (Å²) in [6.07, 6.45) is 6.69. The van der Waals surface area contributed by atoms with E-state index in [0.717, 1.165) is 38.6 Å². The SMILES string of the molecule is CCCCCCNC(=NC)NCc1ccc(CN2CCCC2=O)cc1. The van der Waals surface area contributed by atoms with Crippen LogP contribution in [0.5, 0.6) is 0 Å². The maximum Gasteiger partial charge on any atom is 0.222 e. The van der Waals surface area contributed by atoms with Crippen molar-refractivity contribution in [3.05, 3.63) is 35.4 Å². The Balaban J connectivity index is 1.71. The third kappa shape index (κ3) is 6.77. The Morgan fingerprint density at radius 2 is 1.88 bits per heavy atom. The Kier molecular flexibility index (Phi) is 8.29. The van der Waals surface area contributed by atoms with Crippen molar-refractivity contribution in [3.63, 3.8) is 0 Å². The first kappa shape index (κ1) is 19.3. The molecule has 2 N–H and O–H groups in total. The van der Waals surface area contributed by atoms with Crippen LogP contribution in [0.4, 0.5) is 0 Å². The third-order valence-electron chi connectivity index (χ3n) is 4.57. The van der Waals surface area contributed by atoms with E-state index in [4.69, 9.17) is 0 Å². The van der Waals surface area contributed by atoms with Crippen LogP contribution in [0.3, 0.4) is 0 Å². The molecule has 25 heavy (non-hydrogen) atoms. The first-order valence-electron chi connectivity index (χ1n) is 9.53. The van der Waals surface area contributed by atoms with Crippen molar-refractivity contribution < 1.29 is 4.79 Å². The van der Waals surface area contributed by atoms with Gasteiger partial charge >= 0.3 is 0 Å². The molecule has 0 radical (unpaired) electrons. The Hall–Kier alpha value is -2.04. The fourth-order valence-corrected chi connectivity index (χ4v) is 3.02. The maximum absolute atomic E-state index is 11.7. The number of amides is 1. The number of nitrogens with one attached hydrogen (secondary N) is 2. The summed E-state index contributed by atoms with van der Waals surface area (Å²) < 4.78 is 0. The molecule has 1 saturated heterocycles. The van der Waals surface area contributed by atoms with Crippen LogP contribution in [-0.2, 0) is 17.9 Å². The number of aliphatic imine (C=N–C) groups is 1. The summed E-state index contributed by atoms with van der Waals surface area (Å²) in [4.78, 5) is 17.9. The predicted octanol–water partition coefficient (Wildman–Crippen LogP) is 3.05. The molecule has 138 valence electrons. The van der Waals surface area contributed by atoms with Crippen LogP contribution in [0.25, 0.3) is 0 Å². The van der Waals surface area contributed by atoms with Crippen LogP contribution in [0.2, 0.25) is 0 Å². The number of benzene rings is 1. The van der Waals surface area contributed by atoms with Gasteiger partial charge in [0.05, 0.1) is 0 Å². The molecule has 1 amide bonds. The number of carbonyl (C=O) groups is 1. The molecular weight excluding hydrogens is 312 g/mol. The van der Waals surface area contributed by atoms with E-state index in [1.165, 1.54) is 36.8 Å². The van der Waals surface area contributed by atoms with E-state index in [1.54, 1.807) is 7.05 Å². The summed E-state index contributed by atoms with van der Waals surface area (Å²) >= 11 is 0. The van der Waals surface area contributed by atoms with Gasteiger partial charge in [0.2, 0.25) is 5.91 Å². The highest BCUT2D eigenvalue weighted by Crippen LogP contribution is 2.14. The van der Waals surface area contributed by atoms with Gasteiger partial charge < -0.3 is 15.5 Å². The second-order valence-corrected chi connectivity index (χ2v) is 6.65. The molecule has 1 aliphatic heterocycles. The van der Waals surface area contributed by atoms with Crippen molar-refractivity contribution in [2.45, 2.75) is 58.5 Å². The zero-order chi connectivity index (χ0) is 17.9. The van der Waals surface area contributed by atoms with E-state index >= 15 is 0 Å². The Morgan fingerprint density at radius 1 is 1.12 bits per heavy atom. The van der Waals surface area contributed by atoms with Crippen molar-refractivity contribution in [2.75, 3.05) is 20.1 Å². The highest BCUT2D eigenvalue weighted by atomic mass is 16.2. The van der Waals surface area contributed by atoms with Crippen LogP contribution in [0.1, 0.15) is 56.6 Å². The minimum absolute atomic E-state index is 0.277. The van der Waals surface area contributed by atoms with E-state index in [0.29, 0.717) is 6.42 Å². The molecule has 1 heterocycles. The molecule has 2 rings (SSSR count). The molecule has 0 saturated carbocycles. The number of likely N-dealkylation sites (tertiary alicyclic amines) is 1. The Bertz CT molecular complexity index is 553. The predicted molar refractivity (Wildman–Crippen MR) is 103 cm³/mol. The lowest BCUT2D eigenvalue weighted by atomic mass is 10.1. The first-order chi connectivity index (χ1) is 12.2. The highest BCUT2D eigenvalue weighted by Gasteiger charge is 2.19. The van der Waals surface area contributed by atoms with Gasteiger partial charge in [0.15, 0.2) is 5.96 Å². The minimum atomic E-state index is 0.277. The van der Waals surface area contributed by atoms with Crippen molar-refractivity contribution >= 4 is 11.9 Å². The third-order valence-corrected chi connectivity index (χ3v) is 4.57. The molecule has 0 bridgehead atoms. The molecule has 5 heteroatoms. The van der Waals surface area contributed by atoms with Crippen LogP contribution in [0, 0.1) is 0 Å². The van der Waals surface area contributed by atoms with Gasteiger partial charge in [-0.15, -0.1) is 0 Å². The molecule has 0 aromatic heterocycles. The van der Waals surface area contributed by atoms with Crippen molar-refractivity contribution in [3.8, 4) is 0 Å². The van der Waals surface area contributed by atoms with Gasteiger partial charge in [-0.05, 0) is 24.0 Å². The van der Waals surface area contributed by atoms with Crippen molar-refractivity contribution in [1.82, 2.24) is 15.5 Å². The highest BCUT2D eigenvalue weighted by molar-refractivity contribution is 5.79. The number of guanidine groups is 1. The fourth-order valence-electron chi connectivity index (χ4n) is 3.02. The zero-order valence-electron chi connectivity index (χ0n) is 15.7. The van der Waals surface area contributed by atoms with Crippen molar-refractivity contribution in [2.24, 2.45) is 4.99 Å². The molecule has 1 aromatic rings. The second kappa shape index (κ2) is 10.7. The molecule has 0 aliphatic carbocycles. The fraction of sp³-hybridized carbons (Fsp3) is 0.600. The van der Waals surface area contributed by atoms with Crippen LogP contribution in [0.15, 0.2) is 29.3 Å². The molecule has 0 unspecified atom stereocenters. The maximum atomic E-state index is 11.7. The lowest BCUT2D eigenvalue weighted by molar-refractivity contribution is -0.128. The van der Waals surface area contributed by atoms with E-state index in [9.17, 15) is 4.79 Å². The summed E-state index contributed by atoms with van der Waals surface area (Å²) in [5.74, 6) is 1.13. The van der Waals surface area contributed by atoms with Crippen LogP contribution >= 0.6 is 0 Å². The van der Waals surface area contributed by atoms with Gasteiger partial charge in [-0.1, -0.05) is 50.5 Å². The van der Waals surface area contributed by atoms with E-state index in [2.05, 4.69) is 46.8 Å². The standard InChI is InChI=1S/C20H32N4O/c1-3-4-5-6-13-22-20(21-2)23-15-17-9-11-18(12-10-17)16-24-14-7-8-19(24)25/h9-12H,3-8,13-16H2,1-2H3,(H2,21,22,23). The monoisotopic (exact) mass is 344 g/mol. The average Bonchev–Trinajstić information content (AvgIpc) is 3.03. The van der Waals surface area contributed by atoms with Gasteiger partial charge in [0, 0.05) is 39.6 Å². The van der Waals surface area contributed by atoms with E-state index in [-0.39, 0.29) is 5.91 Å². The summed E-state index contributed by atoms with van der Waals surface area (Å²) in [7, 11) is 1.80. The van der Waals surface area contributed by atoms with E-state index < -0.39 is 0 Å². The number of nitrogens with zero attached hydrogens (tertiary/aromatic N) is 2. The second-order valence-electron chi connectivity index (χ2n) is 6.65. The molecule has 1 aromatic carbocycles. The summed E-state index contributed by atoms with van der Waals surface area (Å²) in [6.45, 7) is 5.55. The lowest BCUT2D eigenvalue weighted by Crippen LogP contribution is -2.37. The number of hydrogen-bond donors (Lipinski definition) is 2. The number of rotatable bonds is 9. The zero-order valence-corrected chi connectivity index (χ0v) is 15.7. The Morgan fingerprint density at radius 3 is 2.52 bits per heavy atom. The Labute approximate surface area is 151 Å². The van der Waals surface area contributed by atoms with Gasteiger partial charge in [-0.2, -0.15) is 0 Å². The summed E-state index contributed by atoms with van der Waals surface area (Å²) in [6, 6.07) is 8.47. The molecular formula is C20H32N4O. The average molecular weight is 345 g/mol. The number of hydrogen-bond acceptors (Lipinski definition) is 2. The molecule has 1 aliphatic rings. The number of unbranched alkanes of at least 4 members (excludes halogenated alkanes) is 3. The molecule has 0 spiro atoms. The molecule has 5 nitrogen and oxygen atoms in total. The smallest absolute Gasteiger partial charge is 0.222 e. The van der Waals surface area contributed by atoms with E-state index in [1.807, 2.05) is 4.90 Å². The number of carbonyl (C=O) groups excluding carboxylic acids is 1. The molecule has 0 atom stereocenters. The van der Waals surface area contributed by atoms with Gasteiger partial charge in [0.25, 0.3) is 0 Å². The van der Waals surface area contributed by atoms with Crippen LogP contribution in [-0.4, -0.2) is 36.9 Å². The van der Waals surface area contributed by atoms with Gasteiger partial charge in [-0.25, -0.2) is 0 Å².